The number of halogens is 1. The van der Waals surface area contributed by atoms with E-state index in [0.29, 0.717) is 24.5 Å². The second-order valence-electron chi connectivity index (χ2n) is 7.11. The summed E-state index contributed by atoms with van der Waals surface area (Å²) in [4.78, 5) is 17.0. The number of hydrogen-bond donors (Lipinski definition) is 1. The van der Waals surface area contributed by atoms with Crippen LogP contribution in [0.4, 0.5) is 0 Å². The predicted molar refractivity (Wildman–Crippen MR) is 104 cm³/mol. The largest absolute Gasteiger partial charge is 0.508 e. The fraction of sp³-hybridized carbons (Fsp3) is 0.381. The Morgan fingerprint density at radius 1 is 1.12 bits per heavy atom. The maximum Gasteiger partial charge on any atom is 0.227 e. The number of carbonyl (C=O) groups excluding carboxylic acids is 1. The number of phenolic OH excluding ortho intramolecular Hbond substituents is 1. The van der Waals surface area contributed by atoms with Crippen LogP contribution in [0.1, 0.15) is 25.0 Å². The van der Waals surface area contributed by atoms with Crippen LogP contribution in [0.25, 0.3) is 0 Å². The highest BCUT2D eigenvalue weighted by Gasteiger charge is 2.32. The van der Waals surface area contributed by atoms with E-state index in [-0.39, 0.29) is 23.7 Å². The van der Waals surface area contributed by atoms with Gasteiger partial charge in [0, 0.05) is 42.3 Å². The van der Waals surface area contributed by atoms with Crippen LogP contribution in [0, 0.1) is 0 Å². The van der Waals surface area contributed by atoms with Crippen molar-refractivity contribution in [1.29, 1.82) is 0 Å². The van der Waals surface area contributed by atoms with E-state index in [0.717, 1.165) is 17.7 Å². The quantitative estimate of drug-likeness (QED) is 0.889. The van der Waals surface area contributed by atoms with E-state index < -0.39 is 0 Å². The number of hydrogen-bond acceptors (Lipinski definition) is 3. The molecule has 4 nitrogen and oxygen atoms in total. The minimum absolute atomic E-state index is 0.128. The van der Waals surface area contributed by atoms with E-state index in [1.54, 1.807) is 18.2 Å². The molecule has 1 N–H and O–H groups in total. The lowest BCUT2D eigenvalue weighted by Gasteiger charge is -2.44. The average Bonchev–Trinajstić information content (AvgIpc) is 2.61. The van der Waals surface area contributed by atoms with Crippen molar-refractivity contribution in [2.45, 2.75) is 38.9 Å². The minimum Gasteiger partial charge on any atom is -0.508 e. The molecule has 1 fully saturated rings. The van der Waals surface area contributed by atoms with E-state index in [9.17, 15) is 9.90 Å². The van der Waals surface area contributed by atoms with E-state index in [1.165, 1.54) is 0 Å². The summed E-state index contributed by atoms with van der Waals surface area (Å²) in [5.74, 6) is 0.428. The van der Waals surface area contributed by atoms with Gasteiger partial charge in [0.05, 0.1) is 6.42 Å². The number of benzene rings is 2. The summed E-state index contributed by atoms with van der Waals surface area (Å²) in [6.07, 6.45) is 0.437. The zero-order valence-electron chi connectivity index (χ0n) is 15.2. The van der Waals surface area contributed by atoms with Crippen LogP contribution in [0.2, 0.25) is 5.02 Å². The fourth-order valence-corrected chi connectivity index (χ4v) is 3.73. The second kappa shape index (κ2) is 8.11. The molecule has 1 heterocycles. The van der Waals surface area contributed by atoms with E-state index >= 15 is 0 Å². The first-order valence-electron chi connectivity index (χ1n) is 8.99. The van der Waals surface area contributed by atoms with Gasteiger partial charge in [0.25, 0.3) is 0 Å². The SMILES string of the molecule is CC1CN(C(=O)Cc2ccccc2)C(C)CN1Cc1cc(Cl)ccc1O. The van der Waals surface area contributed by atoms with E-state index in [4.69, 9.17) is 11.6 Å². The summed E-state index contributed by atoms with van der Waals surface area (Å²) in [5.41, 5.74) is 1.87. The van der Waals surface area contributed by atoms with E-state index in [2.05, 4.69) is 18.7 Å². The summed E-state index contributed by atoms with van der Waals surface area (Å²) in [6.45, 7) is 6.29. The molecular weight excluding hydrogens is 348 g/mol. The summed E-state index contributed by atoms with van der Waals surface area (Å²) in [6, 6.07) is 15.3. The van der Waals surface area contributed by atoms with Crippen LogP contribution >= 0.6 is 11.6 Å². The van der Waals surface area contributed by atoms with Crippen molar-refractivity contribution in [3.63, 3.8) is 0 Å². The van der Waals surface area contributed by atoms with Crippen LogP contribution in [0.5, 0.6) is 5.75 Å². The Morgan fingerprint density at radius 3 is 2.58 bits per heavy atom. The lowest BCUT2D eigenvalue weighted by molar-refractivity contribution is -0.136. The van der Waals surface area contributed by atoms with Gasteiger partial charge >= 0.3 is 0 Å². The zero-order chi connectivity index (χ0) is 18.7. The minimum atomic E-state index is 0.128. The van der Waals surface area contributed by atoms with Gasteiger partial charge in [0.15, 0.2) is 0 Å². The number of aromatic hydroxyl groups is 1. The van der Waals surface area contributed by atoms with Gasteiger partial charge in [0.2, 0.25) is 5.91 Å². The van der Waals surface area contributed by atoms with Crippen molar-refractivity contribution in [3.05, 3.63) is 64.7 Å². The molecule has 0 bridgehead atoms. The van der Waals surface area contributed by atoms with Gasteiger partial charge in [-0.1, -0.05) is 41.9 Å². The second-order valence-corrected chi connectivity index (χ2v) is 7.55. The smallest absolute Gasteiger partial charge is 0.227 e. The third kappa shape index (κ3) is 4.37. The van der Waals surface area contributed by atoms with Gasteiger partial charge in [0.1, 0.15) is 5.75 Å². The highest BCUT2D eigenvalue weighted by atomic mass is 35.5. The van der Waals surface area contributed by atoms with Crippen molar-refractivity contribution in [2.75, 3.05) is 13.1 Å². The Labute approximate surface area is 160 Å². The van der Waals surface area contributed by atoms with Crippen molar-refractivity contribution in [3.8, 4) is 5.75 Å². The Hall–Kier alpha value is -2.04. The highest BCUT2D eigenvalue weighted by molar-refractivity contribution is 6.30. The first-order chi connectivity index (χ1) is 12.4. The Kier molecular flexibility index (Phi) is 5.84. The molecule has 0 radical (unpaired) electrons. The molecule has 0 aliphatic carbocycles. The molecule has 3 rings (SSSR count). The number of carbonyl (C=O) groups is 1. The standard InChI is InChI=1S/C21H25ClN2O2/c1-15-13-24(21(26)10-17-6-4-3-5-7-17)16(2)12-23(15)14-18-11-19(22)8-9-20(18)25/h3-9,11,15-16,25H,10,12-14H2,1-2H3. The van der Waals surface area contributed by atoms with Crippen LogP contribution in [0.15, 0.2) is 48.5 Å². The Bertz CT molecular complexity index is 766. The van der Waals surface area contributed by atoms with Crippen LogP contribution in [-0.2, 0) is 17.8 Å². The molecule has 138 valence electrons. The van der Waals surface area contributed by atoms with Gasteiger partial charge in [-0.25, -0.2) is 0 Å². The first kappa shape index (κ1) is 18.7. The van der Waals surface area contributed by atoms with Crippen molar-refractivity contribution in [1.82, 2.24) is 9.80 Å². The van der Waals surface area contributed by atoms with Gasteiger partial charge in [-0.05, 0) is 37.6 Å². The summed E-state index contributed by atoms with van der Waals surface area (Å²) in [7, 11) is 0. The number of piperazine rings is 1. The molecule has 1 aliphatic heterocycles. The van der Waals surface area contributed by atoms with E-state index in [1.807, 2.05) is 35.2 Å². The molecule has 2 aromatic rings. The van der Waals surface area contributed by atoms with Crippen molar-refractivity contribution in [2.24, 2.45) is 0 Å². The fourth-order valence-electron chi connectivity index (χ4n) is 3.54. The number of rotatable bonds is 4. The molecule has 2 atom stereocenters. The molecule has 1 amide bonds. The maximum absolute atomic E-state index is 12.7. The summed E-state index contributed by atoms with van der Waals surface area (Å²) < 4.78 is 0. The number of phenols is 1. The normalized spacial score (nSPS) is 21.0. The first-order valence-corrected chi connectivity index (χ1v) is 9.36. The molecule has 0 aromatic heterocycles. The Morgan fingerprint density at radius 2 is 1.85 bits per heavy atom. The van der Waals surface area contributed by atoms with Crippen LogP contribution < -0.4 is 0 Å². The van der Waals surface area contributed by atoms with Gasteiger partial charge in [-0.15, -0.1) is 0 Å². The molecule has 0 saturated carbocycles. The lowest BCUT2D eigenvalue weighted by atomic mass is 10.0. The van der Waals surface area contributed by atoms with Gasteiger partial charge in [-0.3, -0.25) is 9.69 Å². The molecule has 1 aliphatic rings. The molecule has 0 spiro atoms. The zero-order valence-corrected chi connectivity index (χ0v) is 16.0. The van der Waals surface area contributed by atoms with Gasteiger partial charge < -0.3 is 10.0 Å². The summed E-state index contributed by atoms with van der Waals surface area (Å²) >= 11 is 6.06. The summed E-state index contributed by atoms with van der Waals surface area (Å²) in [5, 5.41) is 10.7. The van der Waals surface area contributed by atoms with Crippen molar-refractivity contribution < 1.29 is 9.90 Å². The lowest BCUT2D eigenvalue weighted by Crippen LogP contribution is -2.57. The predicted octanol–water partition coefficient (Wildman–Crippen LogP) is 3.71. The topological polar surface area (TPSA) is 43.8 Å². The molecule has 2 unspecified atom stereocenters. The average molecular weight is 373 g/mol. The Balaban J connectivity index is 1.65. The van der Waals surface area contributed by atoms with Crippen molar-refractivity contribution >= 4 is 17.5 Å². The highest BCUT2D eigenvalue weighted by Crippen LogP contribution is 2.26. The molecule has 26 heavy (non-hydrogen) atoms. The third-order valence-electron chi connectivity index (χ3n) is 5.05. The molecule has 1 saturated heterocycles. The third-order valence-corrected chi connectivity index (χ3v) is 5.28. The van der Waals surface area contributed by atoms with Crippen LogP contribution in [0.3, 0.4) is 0 Å². The number of nitrogens with zero attached hydrogens (tertiary/aromatic N) is 2. The van der Waals surface area contributed by atoms with Gasteiger partial charge in [-0.2, -0.15) is 0 Å². The molecular formula is C21H25ClN2O2. The molecule has 5 heteroatoms. The maximum atomic E-state index is 12.7. The number of amides is 1. The van der Waals surface area contributed by atoms with Crippen LogP contribution in [-0.4, -0.2) is 46.0 Å². The molecule has 2 aromatic carbocycles. The monoisotopic (exact) mass is 372 g/mol.